The lowest BCUT2D eigenvalue weighted by atomic mass is 10.0. The predicted octanol–water partition coefficient (Wildman–Crippen LogP) is 4.49. The number of nitrogens with zero attached hydrogens (tertiary/aromatic N) is 1. The van der Waals surface area contributed by atoms with E-state index in [1.165, 1.54) is 33.4 Å². The first kappa shape index (κ1) is 13.9. The van der Waals surface area contributed by atoms with Gasteiger partial charge in [0.05, 0.1) is 5.52 Å². The topological polar surface area (TPSA) is 24.9 Å². The number of hydrogen-bond donors (Lipinski definition) is 1. The highest BCUT2D eigenvalue weighted by molar-refractivity contribution is 5.95. The first-order chi connectivity index (χ1) is 9.22. The van der Waals surface area contributed by atoms with E-state index in [9.17, 15) is 0 Å². The summed E-state index contributed by atoms with van der Waals surface area (Å²) in [5, 5.41) is 4.86. The molecular formula is C17H24N2. The second kappa shape index (κ2) is 6.05. The van der Waals surface area contributed by atoms with Gasteiger partial charge in [-0.3, -0.25) is 4.98 Å². The Hall–Kier alpha value is -1.57. The molecule has 0 aliphatic carbocycles. The Morgan fingerprint density at radius 3 is 2.53 bits per heavy atom. The van der Waals surface area contributed by atoms with E-state index in [1.807, 2.05) is 0 Å². The van der Waals surface area contributed by atoms with Gasteiger partial charge < -0.3 is 5.32 Å². The molecule has 0 aliphatic heterocycles. The van der Waals surface area contributed by atoms with E-state index < -0.39 is 0 Å². The lowest BCUT2D eigenvalue weighted by Crippen LogP contribution is -2.06. The van der Waals surface area contributed by atoms with Crippen molar-refractivity contribution in [1.82, 2.24) is 4.98 Å². The Kier molecular flexibility index (Phi) is 4.41. The predicted molar refractivity (Wildman–Crippen MR) is 84.0 cm³/mol. The first-order valence-electron chi connectivity index (χ1n) is 7.37. The van der Waals surface area contributed by atoms with E-state index in [2.05, 4.69) is 51.2 Å². The third kappa shape index (κ3) is 2.58. The molecule has 0 aliphatic rings. The Morgan fingerprint density at radius 1 is 1.11 bits per heavy atom. The number of fused-ring (bicyclic) bond motifs is 1. The van der Waals surface area contributed by atoms with Crippen molar-refractivity contribution in [2.75, 3.05) is 11.9 Å². The van der Waals surface area contributed by atoms with E-state index in [0.29, 0.717) is 0 Å². The summed E-state index contributed by atoms with van der Waals surface area (Å²) in [6.07, 6.45) is 3.16. The fourth-order valence-corrected chi connectivity index (χ4v) is 2.60. The maximum Gasteiger partial charge on any atom is 0.0758 e. The number of anilines is 1. The summed E-state index contributed by atoms with van der Waals surface area (Å²) in [6.45, 7) is 9.77. The molecule has 0 saturated heterocycles. The number of hydrogen-bond acceptors (Lipinski definition) is 2. The quantitative estimate of drug-likeness (QED) is 0.852. The second-order valence-corrected chi connectivity index (χ2v) is 5.01. The number of aryl methyl sites for hydroxylation is 2. The Morgan fingerprint density at radius 2 is 1.89 bits per heavy atom. The molecule has 0 spiro atoms. The highest BCUT2D eigenvalue weighted by Crippen LogP contribution is 2.30. The van der Waals surface area contributed by atoms with Crippen molar-refractivity contribution in [2.45, 2.75) is 47.0 Å². The van der Waals surface area contributed by atoms with Crippen LogP contribution in [0.1, 0.15) is 44.0 Å². The zero-order valence-corrected chi connectivity index (χ0v) is 12.5. The van der Waals surface area contributed by atoms with Crippen molar-refractivity contribution >= 4 is 16.6 Å². The molecule has 0 bridgehead atoms. The van der Waals surface area contributed by atoms with Gasteiger partial charge in [-0.15, -0.1) is 0 Å². The van der Waals surface area contributed by atoms with Gasteiger partial charge in [0.25, 0.3) is 0 Å². The third-order valence-corrected chi connectivity index (χ3v) is 3.71. The number of para-hydroxylation sites is 1. The average molecular weight is 256 g/mol. The van der Waals surface area contributed by atoms with Gasteiger partial charge in [-0.2, -0.15) is 0 Å². The molecule has 2 nitrogen and oxygen atoms in total. The molecule has 0 saturated carbocycles. The molecule has 1 N–H and O–H groups in total. The zero-order valence-electron chi connectivity index (χ0n) is 12.5. The number of aromatic nitrogens is 1. The summed E-state index contributed by atoms with van der Waals surface area (Å²) < 4.78 is 0. The molecular weight excluding hydrogens is 232 g/mol. The van der Waals surface area contributed by atoms with Crippen LogP contribution < -0.4 is 5.32 Å². The third-order valence-electron chi connectivity index (χ3n) is 3.71. The number of pyridine rings is 1. The summed E-state index contributed by atoms with van der Waals surface area (Å²) in [5.41, 5.74) is 6.31. The smallest absolute Gasteiger partial charge is 0.0758 e. The van der Waals surface area contributed by atoms with Crippen molar-refractivity contribution in [2.24, 2.45) is 0 Å². The van der Waals surface area contributed by atoms with Crippen LogP contribution in [0.4, 0.5) is 5.69 Å². The molecule has 102 valence electrons. The molecule has 0 atom stereocenters. The van der Waals surface area contributed by atoms with Crippen LogP contribution in [0, 0.1) is 6.92 Å². The largest absolute Gasteiger partial charge is 0.384 e. The van der Waals surface area contributed by atoms with Crippen molar-refractivity contribution in [1.29, 1.82) is 0 Å². The van der Waals surface area contributed by atoms with Gasteiger partial charge in [-0.25, -0.2) is 0 Å². The molecule has 0 fully saturated rings. The zero-order chi connectivity index (χ0) is 13.8. The molecule has 19 heavy (non-hydrogen) atoms. The van der Waals surface area contributed by atoms with Crippen LogP contribution in [0.25, 0.3) is 10.9 Å². The fourth-order valence-electron chi connectivity index (χ4n) is 2.60. The van der Waals surface area contributed by atoms with E-state index in [1.54, 1.807) is 0 Å². The Balaban J connectivity index is 2.71. The average Bonchev–Trinajstić information content (AvgIpc) is 2.45. The van der Waals surface area contributed by atoms with Gasteiger partial charge in [0, 0.05) is 23.3 Å². The maximum absolute atomic E-state index is 4.89. The van der Waals surface area contributed by atoms with Crippen molar-refractivity contribution < 1.29 is 0 Å². The summed E-state index contributed by atoms with van der Waals surface area (Å²) in [6, 6.07) is 6.52. The van der Waals surface area contributed by atoms with Crippen LogP contribution in [0.2, 0.25) is 0 Å². The van der Waals surface area contributed by atoms with Gasteiger partial charge in [-0.05, 0) is 37.3 Å². The highest BCUT2D eigenvalue weighted by atomic mass is 14.9. The number of benzene rings is 1. The maximum atomic E-state index is 4.89. The normalized spacial score (nSPS) is 10.9. The molecule has 2 heteroatoms. The van der Waals surface area contributed by atoms with E-state index in [0.717, 1.165) is 25.8 Å². The number of nitrogens with one attached hydrogen (secondary N) is 1. The fraction of sp³-hybridized carbons (Fsp3) is 0.471. The van der Waals surface area contributed by atoms with Crippen LogP contribution in [0.3, 0.4) is 0 Å². The van der Waals surface area contributed by atoms with Gasteiger partial charge in [0.1, 0.15) is 0 Å². The van der Waals surface area contributed by atoms with Crippen LogP contribution in [-0.4, -0.2) is 11.5 Å². The minimum Gasteiger partial charge on any atom is -0.384 e. The minimum atomic E-state index is 0.987. The molecule has 0 unspecified atom stereocenters. The van der Waals surface area contributed by atoms with Crippen molar-refractivity contribution in [3.8, 4) is 0 Å². The van der Waals surface area contributed by atoms with Crippen molar-refractivity contribution in [3.63, 3.8) is 0 Å². The minimum absolute atomic E-state index is 0.987. The van der Waals surface area contributed by atoms with Crippen molar-refractivity contribution in [3.05, 3.63) is 35.0 Å². The van der Waals surface area contributed by atoms with E-state index in [4.69, 9.17) is 4.98 Å². The Labute approximate surface area is 116 Å². The monoisotopic (exact) mass is 256 g/mol. The molecule has 2 rings (SSSR count). The summed E-state index contributed by atoms with van der Waals surface area (Å²) in [4.78, 5) is 4.89. The molecule has 1 aromatic carbocycles. The van der Waals surface area contributed by atoms with Gasteiger partial charge in [0.2, 0.25) is 0 Å². The summed E-state index contributed by atoms with van der Waals surface area (Å²) in [5.74, 6) is 0. The lowest BCUT2D eigenvalue weighted by molar-refractivity contribution is 0.969. The van der Waals surface area contributed by atoms with Crippen LogP contribution in [0.15, 0.2) is 18.2 Å². The Bertz CT molecular complexity index is 573. The standard InChI is InChI=1S/C17H24N2/c1-5-11-18-16-12(4)15(7-3)19-17-13(6-2)9-8-10-14(16)17/h8-10H,5-7,11H2,1-4H3,(H,18,19). The second-order valence-electron chi connectivity index (χ2n) is 5.01. The first-order valence-corrected chi connectivity index (χ1v) is 7.37. The van der Waals surface area contributed by atoms with E-state index in [-0.39, 0.29) is 0 Å². The van der Waals surface area contributed by atoms with Gasteiger partial charge >= 0.3 is 0 Å². The summed E-state index contributed by atoms with van der Waals surface area (Å²) >= 11 is 0. The van der Waals surface area contributed by atoms with Gasteiger partial charge in [-0.1, -0.05) is 39.0 Å². The van der Waals surface area contributed by atoms with Crippen LogP contribution in [-0.2, 0) is 12.8 Å². The van der Waals surface area contributed by atoms with E-state index >= 15 is 0 Å². The molecule has 1 aromatic heterocycles. The molecule has 0 amide bonds. The molecule has 1 heterocycles. The van der Waals surface area contributed by atoms with Crippen LogP contribution >= 0.6 is 0 Å². The van der Waals surface area contributed by atoms with Crippen LogP contribution in [0.5, 0.6) is 0 Å². The number of rotatable bonds is 5. The SMILES string of the molecule is CCCNc1c(C)c(CC)nc2c(CC)cccc12. The summed E-state index contributed by atoms with van der Waals surface area (Å²) in [7, 11) is 0. The lowest BCUT2D eigenvalue weighted by Gasteiger charge is -2.16. The molecule has 0 radical (unpaired) electrons. The van der Waals surface area contributed by atoms with Gasteiger partial charge in [0.15, 0.2) is 0 Å². The molecule has 2 aromatic rings. The highest BCUT2D eigenvalue weighted by Gasteiger charge is 2.12.